The summed E-state index contributed by atoms with van der Waals surface area (Å²) >= 11 is 0. The molecule has 4 aliphatic rings. The molecule has 3 nitrogen and oxygen atoms in total. The summed E-state index contributed by atoms with van der Waals surface area (Å²) in [7, 11) is 0. The van der Waals surface area contributed by atoms with Gasteiger partial charge in [-0.1, -0.05) is 0 Å². The van der Waals surface area contributed by atoms with Crippen molar-refractivity contribution < 1.29 is 14.6 Å². The van der Waals surface area contributed by atoms with Crippen molar-refractivity contribution in [3.05, 3.63) is 0 Å². The highest BCUT2D eigenvalue weighted by atomic mass is 16.5. The summed E-state index contributed by atoms with van der Waals surface area (Å²) in [5.74, 6) is 2.04. The van der Waals surface area contributed by atoms with Gasteiger partial charge >= 0.3 is 0 Å². The molecule has 0 radical (unpaired) electrons. The van der Waals surface area contributed by atoms with Crippen LogP contribution >= 0.6 is 0 Å². The fourth-order valence-corrected chi connectivity index (χ4v) is 4.59. The second-order valence-electron chi connectivity index (χ2n) is 5.82. The molecule has 0 aromatic carbocycles. The predicted molar refractivity (Wildman–Crippen MR) is 54.0 cm³/mol. The summed E-state index contributed by atoms with van der Waals surface area (Å²) in [6, 6.07) is 0. The lowest BCUT2D eigenvalue weighted by Gasteiger charge is -2.59. The molecule has 0 amide bonds. The SMILES string of the molecule is O=COCC12CC3CC(CC(C3)C1O)C2. The first-order valence-electron chi connectivity index (χ1n) is 5.97. The van der Waals surface area contributed by atoms with E-state index in [0.29, 0.717) is 19.0 Å². The number of hydrogen-bond donors (Lipinski definition) is 1. The number of ether oxygens (including phenoxy) is 1. The molecular weight excluding hydrogens is 192 g/mol. The highest BCUT2D eigenvalue weighted by Crippen LogP contribution is 2.59. The van der Waals surface area contributed by atoms with Crippen molar-refractivity contribution in [2.24, 2.45) is 23.2 Å². The first-order chi connectivity index (χ1) is 7.23. The predicted octanol–water partition coefficient (Wildman–Crippen LogP) is 1.35. The van der Waals surface area contributed by atoms with Crippen LogP contribution in [0.4, 0.5) is 0 Å². The van der Waals surface area contributed by atoms with Crippen LogP contribution in [0.2, 0.25) is 0 Å². The summed E-state index contributed by atoms with van der Waals surface area (Å²) in [6.45, 7) is 0.951. The van der Waals surface area contributed by atoms with Gasteiger partial charge in [-0.15, -0.1) is 0 Å². The number of rotatable bonds is 3. The Morgan fingerprint density at radius 2 is 1.93 bits per heavy atom. The molecule has 0 saturated heterocycles. The van der Waals surface area contributed by atoms with E-state index in [-0.39, 0.29) is 11.5 Å². The van der Waals surface area contributed by atoms with Crippen LogP contribution in [-0.2, 0) is 9.53 Å². The summed E-state index contributed by atoms with van der Waals surface area (Å²) in [5.41, 5.74) is -0.0876. The molecule has 0 spiro atoms. The maximum absolute atomic E-state index is 10.3. The molecule has 3 atom stereocenters. The molecule has 4 rings (SSSR count). The highest BCUT2D eigenvalue weighted by Gasteiger charge is 2.56. The molecule has 0 aromatic heterocycles. The molecule has 15 heavy (non-hydrogen) atoms. The Hall–Kier alpha value is -0.570. The van der Waals surface area contributed by atoms with Gasteiger partial charge in [0.05, 0.1) is 12.7 Å². The van der Waals surface area contributed by atoms with Crippen LogP contribution in [0.3, 0.4) is 0 Å². The third-order valence-corrected chi connectivity index (χ3v) is 4.84. The van der Waals surface area contributed by atoms with Gasteiger partial charge < -0.3 is 9.84 Å². The van der Waals surface area contributed by atoms with E-state index >= 15 is 0 Å². The highest BCUT2D eigenvalue weighted by molar-refractivity contribution is 5.37. The maximum atomic E-state index is 10.3. The van der Waals surface area contributed by atoms with E-state index in [9.17, 15) is 9.90 Å². The van der Waals surface area contributed by atoms with Crippen LogP contribution in [0.15, 0.2) is 0 Å². The smallest absolute Gasteiger partial charge is 0.293 e. The van der Waals surface area contributed by atoms with Crippen molar-refractivity contribution in [2.45, 2.75) is 38.2 Å². The number of aliphatic hydroxyl groups excluding tert-OH is 1. The summed E-state index contributed by atoms with van der Waals surface area (Å²) in [6.07, 6.45) is 5.63. The fraction of sp³-hybridized carbons (Fsp3) is 0.917. The van der Waals surface area contributed by atoms with E-state index in [0.717, 1.165) is 24.7 Å². The van der Waals surface area contributed by atoms with E-state index in [4.69, 9.17) is 4.74 Å². The fourth-order valence-electron chi connectivity index (χ4n) is 4.59. The molecule has 4 fully saturated rings. The van der Waals surface area contributed by atoms with E-state index in [1.165, 1.54) is 19.3 Å². The van der Waals surface area contributed by atoms with Gasteiger partial charge in [0.1, 0.15) is 0 Å². The van der Waals surface area contributed by atoms with Crippen molar-refractivity contribution >= 4 is 6.47 Å². The van der Waals surface area contributed by atoms with Crippen LogP contribution in [0.5, 0.6) is 0 Å². The molecule has 4 bridgehead atoms. The molecule has 3 unspecified atom stereocenters. The molecule has 84 valence electrons. The quantitative estimate of drug-likeness (QED) is 0.715. The van der Waals surface area contributed by atoms with Crippen molar-refractivity contribution in [1.29, 1.82) is 0 Å². The molecule has 4 aliphatic carbocycles. The average Bonchev–Trinajstić information content (AvgIpc) is 2.22. The van der Waals surface area contributed by atoms with Gasteiger partial charge in [-0.05, 0) is 49.9 Å². The monoisotopic (exact) mass is 210 g/mol. The summed E-state index contributed by atoms with van der Waals surface area (Å²) < 4.78 is 4.95. The van der Waals surface area contributed by atoms with E-state index in [1.54, 1.807) is 0 Å². The Bertz CT molecular complexity index is 262. The minimum atomic E-state index is -0.231. The van der Waals surface area contributed by atoms with E-state index in [1.807, 2.05) is 0 Å². The van der Waals surface area contributed by atoms with Crippen molar-refractivity contribution in [3.8, 4) is 0 Å². The Kier molecular flexibility index (Phi) is 2.06. The standard InChI is InChI=1S/C12H18O3/c13-7-15-6-12-4-8-1-9(5-12)3-10(2-8)11(12)14/h7-11,14H,1-6H2. The van der Waals surface area contributed by atoms with Crippen LogP contribution in [0.25, 0.3) is 0 Å². The van der Waals surface area contributed by atoms with Gasteiger partial charge in [0.25, 0.3) is 6.47 Å². The molecule has 0 heterocycles. The van der Waals surface area contributed by atoms with E-state index in [2.05, 4.69) is 0 Å². The van der Waals surface area contributed by atoms with E-state index < -0.39 is 0 Å². The molecule has 1 N–H and O–H groups in total. The number of carbonyl (C=O) groups is 1. The summed E-state index contributed by atoms with van der Waals surface area (Å²) in [5, 5.41) is 10.3. The third kappa shape index (κ3) is 1.32. The zero-order valence-electron chi connectivity index (χ0n) is 8.89. The Balaban J connectivity index is 1.84. The number of carbonyl (C=O) groups excluding carboxylic acids is 1. The van der Waals surface area contributed by atoms with Crippen LogP contribution in [-0.4, -0.2) is 24.3 Å². The number of aliphatic hydroxyl groups is 1. The lowest BCUT2D eigenvalue weighted by atomic mass is 9.48. The molecule has 3 heteroatoms. The van der Waals surface area contributed by atoms with Gasteiger partial charge in [0, 0.05) is 5.41 Å². The zero-order chi connectivity index (χ0) is 10.5. The largest absolute Gasteiger partial charge is 0.467 e. The molecular formula is C12H18O3. The first-order valence-corrected chi connectivity index (χ1v) is 5.97. The van der Waals surface area contributed by atoms with Gasteiger partial charge in [0.2, 0.25) is 0 Å². The van der Waals surface area contributed by atoms with Gasteiger partial charge in [0.15, 0.2) is 0 Å². The van der Waals surface area contributed by atoms with Crippen molar-refractivity contribution in [2.75, 3.05) is 6.61 Å². The second-order valence-corrected chi connectivity index (χ2v) is 5.82. The number of hydrogen-bond acceptors (Lipinski definition) is 3. The maximum Gasteiger partial charge on any atom is 0.293 e. The van der Waals surface area contributed by atoms with Crippen LogP contribution in [0.1, 0.15) is 32.1 Å². The third-order valence-electron chi connectivity index (χ3n) is 4.84. The lowest BCUT2D eigenvalue weighted by Crippen LogP contribution is -2.57. The van der Waals surface area contributed by atoms with Crippen molar-refractivity contribution in [1.82, 2.24) is 0 Å². The minimum absolute atomic E-state index is 0.0876. The van der Waals surface area contributed by atoms with Gasteiger partial charge in [-0.25, -0.2) is 0 Å². The average molecular weight is 210 g/mol. The van der Waals surface area contributed by atoms with Crippen molar-refractivity contribution in [3.63, 3.8) is 0 Å². The zero-order valence-corrected chi connectivity index (χ0v) is 8.89. The second kappa shape index (κ2) is 3.21. The minimum Gasteiger partial charge on any atom is -0.467 e. The Morgan fingerprint density at radius 3 is 2.53 bits per heavy atom. The van der Waals surface area contributed by atoms with Crippen LogP contribution < -0.4 is 0 Å². The van der Waals surface area contributed by atoms with Crippen LogP contribution in [0, 0.1) is 23.2 Å². The normalized spacial score (nSPS) is 51.8. The van der Waals surface area contributed by atoms with Gasteiger partial charge in [-0.3, -0.25) is 4.79 Å². The Morgan fingerprint density at radius 1 is 1.27 bits per heavy atom. The Labute approximate surface area is 89.8 Å². The lowest BCUT2D eigenvalue weighted by molar-refractivity contribution is -0.180. The molecule has 0 aliphatic heterocycles. The topological polar surface area (TPSA) is 46.5 Å². The first kappa shape index (κ1) is 9.64. The van der Waals surface area contributed by atoms with Gasteiger partial charge in [-0.2, -0.15) is 0 Å². The summed E-state index contributed by atoms with van der Waals surface area (Å²) in [4.78, 5) is 10.3. The molecule has 0 aromatic rings. The molecule has 4 saturated carbocycles.